The van der Waals surface area contributed by atoms with E-state index in [1.165, 1.54) is 6.42 Å². The van der Waals surface area contributed by atoms with Crippen LogP contribution in [0.25, 0.3) is 12.0 Å². The molecule has 0 spiro atoms. The molecule has 1 aliphatic heterocycles. The summed E-state index contributed by atoms with van der Waals surface area (Å²) in [4.78, 5) is 12.4. The molecule has 1 atom stereocenters. The second kappa shape index (κ2) is 7.02. The number of aryl methyl sites for hydroxylation is 1. The molecule has 1 aromatic heterocycles. The van der Waals surface area contributed by atoms with Crippen molar-refractivity contribution in [3.63, 3.8) is 0 Å². The predicted octanol–water partition coefficient (Wildman–Crippen LogP) is 3.90. The van der Waals surface area contributed by atoms with Crippen molar-refractivity contribution in [3.05, 3.63) is 29.3 Å². The fourth-order valence-corrected chi connectivity index (χ4v) is 3.02. The summed E-state index contributed by atoms with van der Waals surface area (Å²) >= 11 is 0. The van der Waals surface area contributed by atoms with Crippen molar-refractivity contribution in [2.24, 2.45) is 0 Å². The minimum Gasteiger partial charge on any atom is -0.456 e. The number of hydrogen-bond donors (Lipinski definition) is 0. The van der Waals surface area contributed by atoms with Crippen LogP contribution in [0.2, 0.25) is 0 Å². The Balaban J connectivity index is 1.69. The van der Waals surface area contributed by atoms with Gasteiger partial charge in [0, 0.05) is 5.56 Å². The summed E-state index contributed by atoms with van der Waals surface area (Å²) in [5.41, 5.74) is 2.12. The van der Waals surface area contributed by atoms with Crippen molar-refractivity contribution < 1.29 is 14.3 Å². The van der Waals surface area contributed by atoms with Crippen LogP contribution in [0.1, 0.15) is 63.6 Å². The Bertz CT molecular complexity index is 643. The minimum absolute atomic E-state index is 0.0477. The number of nitrogens with zero attached hydrogens (tertiary/aromatic N) is 2. The molecule has 0 aromatic carbocycles. The Morgan fingerprint density at radius 1 is 1.43 bits per heavy atom. The van der Waals surface area contributed by atoms with Crippen LogP contribution in [0, 0.1) is 0 Å². The highest BCUT2D eigenvalue weighted by molar-refractivity contribution is 5.92. The highest BCUT2D eigenvalue weighted by Gasteiger charge is 2.29. The molecular weight excluding hydrogens is 292 g/mol. The summed E-state index contributed by atoms with van der Waals surface area (Å²) in [5, 5.41) is 4.32. The molecule has 2 heterocycles. The average Bonchev–Trinajstić information content (AvgIpc) is 2.99. The Labute approximate surface area is 137 Å². The lowest BCUT2D eigenvalue weighted by molar-refractivity contribution is -0.147. The quantitative estimate of drug-likeness (QED) is 0.565. The van der Waals surface area contributed by atoms with Crippen LogP contribution in [0.4, 0.5) is 0 Å². The zero-order valence-electron chi connectivity index (χ0n) is 13.9. The molecule has 0 N–H and O–H groups in total. The average molecular weight is 316 g/mol. The van der Waals surface area contributed by atoms with E-state index in [2.05, 4.69) is 12.0 Å². The molecule has 0 saturated carbocycles. The van der Waals surface area contributed by atoms with Crippen molar-refractivity contribution in [2.75, 3.05) is 0 Å². The van der Waals surface area contributed by atoms with Crippen LogP contribution in [-0.4, -0.2) is 21.9 Å². The lowest BCUT2D eigenvalue weighted by Crippen LogP contribution is -2.22. The third kappa shape index (κ3) is 3.33. The third-order valence-electron chi connectivity index (χ3n) is 4.37. The SMILES string of the molecule is CCCCCC(CC)OC(=O)C1=Cn2ncc3c2C(=CCC3)O1. The first kappa shape index (κ1) is 15.8. The van der Waals surface area contributed by atoms with Gasteiger partial charge in [0.25, 0.3) is 0 Å². The number of unbranched alkanes of at least 4 members (excludes halogenated alkanes) is 2. The van der Waals surface area contributed by atoms with E-state index in [0.717, 1.165) is 55.5 Å². The topological polar surface area (TPSA) is 53.4 Å². The van der Waals surface area contributed by atoms with E-state index in [9.17, 15) is 4.79 Å². The van der Waals surface area contributed by atoms with E-state index in [0.29, 0.717) is 0 Å². The summed E-state index contributed by atoms with van der Waals surface area (Å²) in [6.07, 6.45) is 12.4. The molecule has 124 valence electrons. The summed E-state index contributed by atoms with van der Waals surface area (Å²) in [6.45, 7) is 4.21. The van der Waals surface area contributed by atoms with Gasteiger partial charge in [-0.3, -0.25) is 0 Å². The molecule has 0 amide bonds. The largest absolute Gasteiger partial charge is 0.456 e. The maximum absolute atomic E-state index is 12.4. The third-order valence-corrected chi connectivity index (χ3v) is 4.37. The van der Waals surface area contributed by atoms with E-state index in [4.69, 9.17) is 9.47 Å². The molecular formula is C18H24N2O3. The van der Waals surface area contributed by atoms with Gasteiger partial charge in [-0.25, -0.2) is 9.48 Å². The van der Waals surface area contributed by atoms with Gasteiger partial charge in [-0.05, 0) is 38.2 Å². The van der Waals surface area contributed by atoms with Crippen LogP contribution < -0.4 is 0 Å². The van der Waals surface area contributed by atoms with Gasteiger partial charge >= 0.3 is 5.97 Å². The molecule has 2 aliphatic rings. The number of ether oxygens (including phenoxy) is 2. The van der Waals surface area contributed by atoms with E-state index in [1.807, 2.05) is 19.2 Å². The standard InChI is InChI=1S/C18H24N2O3/c1-3-5-6-9-14(4-2)22-18(21)16-12-20-17-13(11-19-20)8-7-10-15(17)23-16/h10-12,14H,3-9H2,1-2H3. The molecule has 1 unspecified atom stereocenters. The molecule has 5 nitrogen and oxygen atoms in total. The van der Waals surface area contributed by atoms with Crippen molar-refractivity contribution in [1.29, 1.82) is 0 Å². The second-order valence-electron chi connectivity index (χ2n) is 6.10. The van der Waals surface area contributed by atoms with E-state index in [-0.39, 0.29) is 11.9 Å². The Kier molecular flexibility index (Phi) is 4.84. The molecule has 0 fully saturated rings. The number of aromatic nitrogens is 2. The molecule has 5 heteroatoms. The maximum Gasteiger partial charge on any atom is 0.376 e. The summed E-state index contributed by atoms with van der Waals surface area (Å²) in [5.74, 6) is 0.536. The number of esters is 1. The molecule has 3 rings (SSSR count). The summed E-state index contributed by atoms with van der Waals surface area (Å²) in [7, 11) is 0. The number of allylic oxidation sites excluding steroid dienone is 1. The first-order valence-corrected chi connectivity index (χ1v) is 8.60. The molecule has 0 radical (unpaired) electrons. The number of hydrogen-bond acceptors (Lipinski definition) is 4. The minimum atomic E-state index is -0.400. The van der Waals surface area contributed by atoms with Gasteiger partial charge in [0.05, 0.1) is 12.4 Å². The lowest BCUT2D eigenvalue weighted by Gasteiger charge is -2.23. The Hall–Kier alpha value is -2.04. The van der Waals surface area contributed by atoms with E-state index < -0.39 is 5.97 Å². The fourth-order valence-electron chi connectivity index (χ4n) is 3.02. The smallest absolute Gasteiger partial charge is 0.376 e. The summed E-state index contributed by atoms with van der Waals surface area (Å²) in [6, 6.07) is 0. The monoisotopic (exact) mass is 316 g/mol. The van der Waals surface area contributed by atoms with Gasteiger partial charge in [-0.1, -0.05) is 26.7 Å². The van der Waals surface area contributed by atoms with E-state index >= 15 is 0 Å². The van der Waals surface area contributed by atoms with Crippen molar-refractivity contribution in [2.45, 2.75) is 64.9 Å². The van der Waals surface area contributed by atoms with Crippen LogP contribution in [0.5, 0.6) is 0 Å². The summed E-state index contributed by atoms with van der Waals surface area (Å²) < 4.78 is 13.1. The predicted molar refractivity (Wildman–Crippen MR) is 88.2 cm³/mol. The van der Waals surface area contributed by atoms with Gasteiger partial charge in [-0.2, -0.15) is 5.10 Å². The molecule has 23 heavy (non-hydrogen) atoms. The fraction of sp³-hybridized carbons (Fsp3) is 0.556. The van der Waals surface area contributed by atoms with Crippen LogP contribution in [-0.2, 0) is 20.7 Å². The maximum atomic E-state index is 12.4. The van der Waals surface area contributed by atoms with Gasteiger partial charge in [0.1, 0.15) is 17.6 Å². The molecule has 1 aromatic rings. The highest BCUT2D eigenvalue weighted by Crippen LogP contribution is 2.33. The van der Waals surface area contributed by atoms with Gasteiger partial charge in [0.15, 0.2) is 0 Å². The van der Waals surface area contributed by atoms with Gasteiger partial charge in [0.2, 0.25) is 5.76 Å². The van der Waals surface area contributed by atoms with Crippen LogP contribution >= 0.6 is 0 Å². The number of rotatable bonds is 7. The normalized spacial score (nSPS) is 16.8. The zero-order chi connectivity index (χ0) is 16.2. The zero-order valence-corrected chi connectivity index (χ0v) is 13.9. The molecule has 0 bridgehead atoms. The first-order valence-electron chi connectivity index (χ1n) is 8.60. The van der Waals surface area contributed by atoms with Gasteiger partial charge in [-0.15, -0.1) is 0 Å². The lowest BCUT2D eigenvalue weighted by atomic mass is 10.0. The van der Waals surface area contributed by atoms with Crippen LogP contribution in [0.3, 0.4) is 0 Å². The highest BCUT2D eigenvalue weighted by atomic mass is 16.6. The van der Waals surface area contributed by atoms with Crippen molar-refractivity contribution in [1.82, 2.24) is 9.78 Å². The molecule has 0 saturated heterocycles. The second-order valence-corrected chi connectivity index (χ2v) is 6.10. The van der Waals surface area contributed by atoms with E-state index in [1.54, 1.807) is 10.9 Å². The Morgan fingerprint density at radius 2 is 2.30 bits per heavy atom. The number of carbonyl (C=O) groups excluding carboxylic acids is 1. The number of carbonyl (C=O) groups is 1. The van der Waals surface area contributed by atoms with Gasteiger partial charge < -0.3 is 9.47 Å². The van der Waals surface area contributed by atoms with Crippen molar-refractivity contribution >= 4 is 17.9 Å². The molecule has 1 aliphatic carbocycles. The van der Waals surface area contributed by atoms with Crippen molar-refractivity contribution in [3.8, 4) is 0 Å². The first-order chi connectivity index (χ1) is 11.2. The van der Waals surface area contributed by atoms with Crippen LogP contribution in [0.15, 0.2) is 18.0 Å². The Morgan fingerprint density at radius 3 is 3.09 bits per heavy atom.